The van der Waals surface area contributed by atoms with E-state index in [0.717, 1.165) is 12.1 Å². The van der Waals surface area contributed by atoms with Gasteiger partial charge < -0.3 is 4.90 Å². The number of nitrogens with zero attached hydrogens (tertiary/aromatic N) is 4. The highest BCUT2D eigenvalue weighted by Crippen LogP contribution is 2.20. The molecule has 1 aromatic carbocycles. The number of pyridine rings is 1. The highest BCUT2D eigenvalue weighted by atomic mass is 32.2. The fourth-order valence-corrected chi connectivity index (χ4v) is 4.54. The molecule has 0 saturated carbocycles. The molecule has 1 amide bonds. The molecule has 2 heterocycles. The van der Waals surface area contributed by atoms with E-state index in [1.807, 2.05) is 12.1 Å². The number of aromatic nitrogens is 1. The van der Waals surface area contributed by atoms with E-state index in [9.17, 15) is 13.2 Å². The second kappa shape index (κ2) is 8.16. The van der Waals surface area contributed by atoms with E-state index in [-0.39, 0.29) is 10.8 Å². The van der Waals surface area contributed by atoms with Gasteiger partial charge in [0.15, 0.2) is 0 Å². The molecule has 7 nitrogen and oxygen atoms in total. The van der Waals surface area contributed by atoms with Crippen LogP contribution < -0.4 is 0 Å². The van der Waals surface area contributed by atoms with E-state index in [1.54, 1.807) is 44.7 Å². The van der Waals surface area contributed by atoms with Crippen LogP contribution in [0.1, 0.15) is 15.9 Å². The van der Waals surface area contributed by atoms with Crippen LogP contribution in [-0.2, 0) is 16.6 Å². The molecule has 0 radical (unpaired) electrons. The van der Waals surface area contributed by atoms with Gasteiger partial charge in [0.05, 0.1) is 4.90 Å². The van der Waals surface area contributed by atoms with Crippen molar-refractivity contribution < 1.29 is 13.2 Å². The SMILES string of the molecule is CN(C)C(=O)c1cccc(S(=O)(=O)N2CCN(Cc3ccncc3)CC2)c1. The average Bonchev–Trinajstić information content (AvgIpc) is 2.68. The first-order valence-corrected chi connectivity index (χ1v) is 10.2. The Hall–Kier alpha value is -2.29. The minimum atomic E-state index is -3.61. The third-order valence-corrected chi connectivity index (χ3v) is 6.51. The maximum atomic E-state index is 13.0. The molecule has 0 spiro atoms. The van der Waals surface area contributed by atoms with E-state index in [2.05, 4.69) is 9.88 Å². The van der Waals surface area contributed by atoms with E-state index < -0.39 is 10.0 Å². The first kappa shape index (κ1) is 19.5. The lowest BCUT2D eigenvalue weighted by atomic mass is 10.2. The molecule has 144 valence electrons. The first-order chi connectivity index (χ1) is 12.9. The summed E-state index contributed by atoms with van der Waals surface area (Å²) < 4.78 is 27.4. The number of piperazine rings is 1. The van der Waals surface area contributed by atoms with Crippen molar-refractivity contribution in [3.8, 4) is 0 Å². The van der Waals surface area contributed by atoms with Crippen molar-refractivity contribution in [2.24, 2.45) is 0 Å². The smallest absolute Gasteiger partial charge is 0.253 e. The summed E-state index contributed by atoms with van der Waals surface area (Å²) in [5.41, 5.74) is 1.54. The molecule has 1 saturated heterocycles. The molecule has 0 atom stereocenters. The Kier molecular flexibility index (Phi) is 5.88. The van der Waals surface area contributed by atoms with Crippen LogP contribution in [-0.4, -0.2) is 73.7 Å². The van der Waals surface area contributed by atoms with Gasteiger partial charge in [-0.25, -0.2) is 8.42 Å². The van der Waals surface area contributed by atoms with E-state index in [0.29, 0.717) is 31.7 Å². The average molecular weight is 388 g/mol. The fourth-order valence-electron chi connectivity index (χ4n) is 3.07. The number of carbonyl (C=O) groups is 1. The van der Waals surface area contributed by atoms with Gasteiger partial charge in [0.2, 0.25) is 10.0 Å². The summed E-state index contributed by atoms with van der Waals surface area (Å²) in [6, 6.07) is 10.2. The Morgan fingerprint density at radius 2 is 1.74 bits per heavy atom. The van der Waals surface area contributed by atoms with Crippen LogP contribution in [0.3, 0.4) is 0 Å². The van der Waals surface area contributed by atoms with Gasteiger partial charge in [-0.3, -0.25) is 14.7 Å². The van der Waals surface area contributed by atoms with Crippen molar-refractivity contribution in [3.05, 3.63) is 59.9 Å². The molecule has 0 unspecified atom stereocenters. The molecular formula is C19H24N4O3S. The third-order valence-electron chi connectivity index (χ3n) is 4.61. The van der Waals surface area contributed by atoms with Gasteiger partial charge in [0, 0.05) is 64.8 Å². The van der Waals surface area contributed by atoms with Crippen LogP contribution in [0.25, 0.3) is 0 Å². The second-order valence-electron chi connectivity index (χ2n) is 6.76. The number of benzene rings is 1. The zero-order valence-corrected chi connectivity index (χ0v) is 16.4. The Morgan fingerprint density at radius 1 is 1.07 bits per heavy atom. The van der Waals surface area contributed by atoms with Gasteiger partial charge >= 0.3 is 0 Å². The molecule has 0 aliphatic carbocycles. The molecule has 1 fully saturated rings. The van der Waals surface area contributed by atoms with Gasteiger partial charge in [-0.2, -0.15) is 4.31 Å². The molecule has 0 N–H and O–H groups in total. The standard InChI is InChI=1S/C19H24N4O3S/c1-21(2)19(24)17-4-3-5-18(14-17)27(25,26)23-12-10-22(11-13-23)15-16-6-8-20-9-7-16/h3-9,14H,10-13,15H2,1-2H3. The van der Waals surface area contributed by atoms with Crippen molar-refractivity contribution in [2.45, 2.75) is 11.4 Å². The predicted molar refractivity (Wildman–Crippen MR) is 103 cm³/mol. The molecule has 2 aromatic rings. The number of hydrogen-bond acceptors (Lipinski definition) is 5. The molecule has 27 heavy (non-hydrogen) atoms. The van der Waals surface area contributed by atoms with Crippen molar-refractivity contribution in [2.75, 3.05) is 40.3 Å². The Balaban J connectivity index is 1.68. The Bertz CT molecular complexity index is 892. The Morgan fingerprint density at radius 3 is 2.37 bits per heavy atom. The van der Waals surface area contributed by atoms with Crippen LogP contribution in [0.5, 0.6) is 0 Å². The highest BCUT2D eigenvalue weighted by Gasteiger charge is 2.29. The molecule has 8 heteroatoms. The number of hydrogen-bond donors (Lipinski definition) is 0. The molecular weight excluding hydrogens is 364 g/mol. The van der Waals surface area contributed by atoms with Crippen molar-refractivity contribution in [1.29, 1.82) is 0 Å². The van der Waals surface area contributed by atoms with Gasteiger partial charge in [-0.05, 0) is 35.9 Å². The number of sulfonamides is 1. The van der Waals surface area contributed by atoms with Crippen molar-refractivity contribution in [1.82, 2.24) is 19.1 Å². The van der Waals surface area contributed by atoms with E-state index in [1.165, 1.54) is 15.3 Å². The molecule has 0 bridgehead atoms. The summed E-state index contributed by atoms with van der Waals surface area (Å²) in [5.74, 6) is -0.214. The van der Waals surface area contributed by atoms with Crippen molar-refractivity contribution >= 4 is 15.9 Å². The summed E-state index contributed by atoms with van der Waals surface area (Å²) in [6.45, 7) is 2.97. The van der Waals surface area contributed by atoms with Crippen molar-refractivity contribution in [3.63, 3.8) is 0 Å². The fraction of sp³-hybridized carbons (Fsp3) is 0.368. The molecule has 1 aliphatic rings. The zero-order valence-electron chi connectivity index (χ0n) is 15.6. The third kappa shape index (κ3) is 4.52. The van der Waals surface area contributed by atoms with Crippen LogP contribution in [0.4, 0.5) is 0 Å². The van der Waals surface area contributed by atoms with Gasteiger partial charge in [-0.1, -0.05) is 6.07 Å². The van der Waals surface area contributed by atoms with E-state index >= 15 is 0 Å². The highest BCUT2D eigenvalue weighted by molar-refractivity contribution is 7.89. The Labute approximate surface area is 160 Å². The zero-order chi connectivity index (χ0) is 19.4. The molecule has 3 rings (SSSR count). The second-order valence-corrected chi connectivity index (χ2v) is 8.70. The van der Waals surface area contributed by atoms with Gasteiger partial charge in [-0.15, -0.1) is 0 Å². The lowest BCUT2D eigenvalue weighted by molar-refractivity contribution is 0.0827. The van der Waals surface area contributed by atoms with Crippen LogP contribution in [0.15, 0.2) is 53.7 Å². The first-order valence-electron chi connectivity index (χ1n) is 8.81. The van der Waals surface area contributed by atoms with Crippen LogP contribution in [0.2, 0.25) is 0 Å². The maximum Gasteiger partial charge on any atom is 0.253 e. The number of amides is 1. The normalized spacial score (nSPS) is 16.2. The maximum absolute atomic E-state index is 13.0. The molecule has 1 aliphatic heterocycles. The largest absolute Gasteiger partial charge is 0.345 e. The van der Waals surface area contributed by atoms with Gasteiger partial charge in [0.1, 0.15) is 0 Å². The van der Waals surface area contributed by atoms with Crippen LogP contribution >= 0.6 is 0 Å². The summed E-state index contributed by atoms with van der Waals surface area (Å²) in [6.07, 6.45) is 3.52. The summed E-state index contributed by atoms with van der Waals surface area (Å²) in [7, 11) is -0.325. The monoisotopic (exact) mass is 388 g/mol. The van der Waals surface area contributed by atoms with Gasteiger partial charge in [0.25, 0.3) is 5.91 Å². The number of carbonyl (C=O) groups excluding carboxylic acids is 1. The number of rotatable bonds is 5. The summed E-state index contributed by atoms with van der Waals surface area (Å²) in [5, 5.41) is 0. The summed E-state index contributed by atoms with van der Waals surface area (Å²) >= 11 is 0. The topological polar surface area (TPSA) is 73.8 Å². The molecule has 1 aromatic heterocycles. The summed E-state index contributed by atoms with van der Waals surface area (Å²) in [4.78, 5) is 20.0. The lowest BCUT2D eigenvalue weighted by Crippen LogP contribution is -2.48. The lowest BCUT2D eigenvalue weighted by Gasteiger charge is -2.34. The quantitative estimate of drug-likeness (QED) is 0.772. The minimum Gasteiger partial charge on any atom is -0.345 e. The minimum absolute atomic E-state index is 0.165. The predicted octanol–water partition coefficient (Wildman–Crippen LogP) is 1.29. The van der Waals surface area contributed by atoms with Crippen LogP contribution in [0, 0.1) is 0 Å². The van der Waals surface area contributed by atoms with E-state index in [4.69, 9.17) is 0 Å².